The Kier molecular flexibility index (Phi) is 3.69. The van der Waals surface area contributed by atoms with Gasteiger partial charge in [0.1, 0.15) is 0 Å². The first-order chi connectivity index (χ1) is 11.4. The van der Waals surface area contributed by atoms with Crippen LogP contribution in [0.2, 0.25) is 0 Å². The smallest absolute Gasteiger partial charge is 0.0464 e. The van der Waals surface area contributed by atoms with Crippen molar-refractivity contribution >= 4 is 23.1 Å². The van der Waals surface area contributed by atoms with Gasteiger partial charge in [0.15, 0.2) is 0 Å². The Morgan fingerprint density at radius 3 is 1.96 bits per heavy atom. The normalized spacial score (nSPS) is 12.7. The Hall–Kier alpha value is -2.80. The number of rotatable bonds is 3. The van der Waals surface area contributed by atoms with Gasteiger partial charge >= 0.3 is 0 Å². The van der Waals surface area contributed by atoms with Crippen LogP contribution in [0.15, 0.2) is 84.9 Å². The minimum atomic E-state index is 1.12. The van der Waals surface area contributed by atoms with E-state index in [1.807, 2.05) is 0 Å². The van der Waals surface area contributed by atoms with Crippen LogP contribution in [0.3, 0.4) is 0 Å². The SMILES string of the molecule is C1=Cc2ccc(N(c3ccccc3)c3ccccc3)cc2CC1. The van der Waals surface area contributed by atoms with Gasteiger partial charge in [-0.2, -0.15) is 0 Å². The van der Waals surface area contributed by atoms with Crippen LogP contribution in [0.4, 0.5) is 17.1 Å². The lowest BCUT2D eigenvalue weighted by molar-refractivity contribution is 0.984. The molecule has 0 aromatic heterocycles. The molecule has 0 bridgehead atoms. The molecule has 0 amide bonds. The molecule has 0 heterocycles. The number of aryl methyl sites for hydroxylation is 1. The first-order valence-electron chi connectivity index (χ1n) is 8.11. The summed E-state index contributed by atoms with van der Waals surface area (Å²) in [5.41, 5.74) is 6.37. The van der Waals surface area contributed by atoms with Crippen molar-refractivity contribution in [1.29, 1.82) is 0 Å². The molecular formula is C22H19N. The monoisotopic (exact) mass is 297 g/mol. The van der Waals surface area contributed by atoms with Crippen LogP contribution in [0, 0.1) is 0 Å². The minimum Gasteiger partial charge on any atom is -0.310 e. The predicted molar refractivity (Wildman–Crippen MR) is 98.5 cm³/mol. The summed E-state index contributed by atoms with van der Waals surface area (Å²) in [6.45, 7) is 0. The largest absolute Gasteiger partial charge is 0.310 e. The molecule has 3 aromatic rings. The van der Waals surface area contributed by atoms with E-state index in [2.05, 4.69) is 95.9 Å². The van der Waals surface area contributed by atoms with E-state index >= 15 is 0 Å². The van der Waals surface area contributed by atoms with E-state index in [1.165, 1.54) is 28.2 Å². The van der Waals surface area contributed by atoms with Crippen molar-refractivity contribution in [3.63, 3.8) is 0 Å². The first-order valence-corrected chi connectivity index (χ1v) is 8.11. The summed E-state index contributed by atoms with van der Waals surface area (Å²) in [5.74, 6) is 0. The fraction of sp³-hybridized carbons (Fsp3) is 0.0909. The summed E-state index contributed by atoms with van der Waals surface area (Å²) in [6.07, 6.45) is 6.75. The second-order valence-corrected chi connectivity index (χ2v) is 5.83. The predicted octanol–water partition coefficient (Wildman–Crippen LogP) is 6.12. The van der Waals surface area contributed by atoms with Crippen molar-refractivity contribution in [2.24, 2.45) is 0 Å². The number of fused-ring (bicyclic) bond motifs is 1. The van der Waals surface area contributed by atoms with Crippen molar-refractivity contribution in [3.05, 3.63) is 96.1 Å². The highest BCUT2D eigenvalue weighted by molar-refractivity contribution is 5.77. The van der Waals surface area contributed by atoms with Crippen molar-refractivity contribution in [2.45, 2.75) is 12.8 Å². The highest BCUT2D eigenvalue weighted by Crippen LogP contribution is 2.36. The van der Waals surface area contributed by atoms with Crippen LogP contribution in [0.25, 0.3) is 6.08 Å². The zero-order chi connectivity index (χ0) is 15.5. The van der Waals surface area contributed by atoms with Crippen LogP contribution < -0.4 is 4.90 Å². The van der Waals surface area contributed by atoms with Crippen LogP contribution >= 0.6 is 0 Å². The van der Waals surface area contributed by atoms with E-state index < -0.39 is 0 Å². The first kappa shape index (κ1) is 13.8. The lowest BCUT2D eigenvalue weighted by atomic mass is 9.96. The third kappa shape index (κ3) is 2.78. The number of benzene rings is 3. The van der Waals surface area contributed by atoms with Crippen LogP contribution in [-0.4, -0.2) is 0 Å². The van der Waals surface area contributed by atoms with Gasteiger partial charge in [-0.05, 0) is 60.4 Å². The van der Waals surface area contributed by atoms with Crippen molar-refractivity contribution in [3.8, 4) is 0 Å². The zero-order valence-electron chi connectivity index (χ0n) is 13.0. The second kappa shape index (κ2) is 6.13. The third-order valence-electron chi connectivity index (χ3n) is 4.29. The van der Waals surface area contributed by atoms with E-state index in [0.717, 1.165) is 12.8 Å². The summed E-state index contributed by atoms with van der Waals surface area (Å²) in [4.78, 5) is 2.32. The number of hydrogen-bond donors (Lipinski definition) is 0. The number of hydrogen-bond acceptors (Lipinski definition) is 1. The fourth-order valence-corrected chi connectivity index (χ4v) is 3.16. The Balaban J connectivity index is 1.84. The van der Waals surface area contributed by atoms with E-state index in [4.69, 9.17) is 0 Å². The Morgan fingerprint density at radius 2 is 1.30 bits per heavy atom. The lowest BCUT2D eigenvalue weighted by Gasteiger charge is -2.26. The van der Waals surface area contributed by atoms with Gasteiger partial charge < -0.3 is 4.90 Å². The van der Waals surface area contributed by atoms with E-state index in [1.54, 1.807) is 0 Å². The number of nitrogens with zero attached hydrogens (tertiary/aromatic N) is 1. The van der Waals surface area contributed by atoms with Gasteiger partial charge in [0.05, 0.1) is 0 Å². The van der Waals surface area contributed by atoms with E-state index in [0.29, 0.717) is 0 Å². The molecule has 0 aliphatic heterocycles. The topological polar surface area (TPSA) is 3.24 Å². The maximum atomic E-state index is 2.33. The molecule has 0 saturated heterocycles. The average molecular weight is 297 g/mol. The van der Waals surface area contributed by atoms with E-state index in [9.17, 15) is 0 Å². The fourth-order valence-electron chi connectivity index (χ4n) is 3.16. The Labute approximate surface area is 137 Å². The number of allylic oxidation sites excluding steroid dienone is 1. The molecule has 4 rings (SSSR count). The summed E-state index contributed by atoms with van der Waals surface area (Å²) in [5, 5.41) is 0. The summed E-state index contributed by atoms with van der Waals surface area (Å²) < 4.78 is 0. The van der Waals surface area contributed by atoms with E-state index in [-0.39, 0.29) is 0 Å². The minimum absolute atomic E-state index is 1.12. The molecule has 1 aliphatic rings. The molecule has 0 N–H and O–H groups in total. The third-order valence-corrected chi connectivity index (χ3v) is 4.29. The second-order valence-electron chi connectivity index (χ2n) is 5.83. The summed E-state index contributed by atoms with van der Waals surface area (Å²) in [6, 6.07) is 27.9. The molecule has 23 heavy (non-hydrogen) atoms. The molecule has 0 radical (unpaired) electrons. The van der Waals surface area contributed by atoms with Gasteiger partial charge in [-0.25, -0.2) is 0 Å². The maximum Gasteiger partial charge on any atom is 0.0464 e. The lowest BCUT2D eigenvalue weighted by Crippen LogP contribution is -2.10. The highest BCUT2D eigenvalue weighted by Gasteiger charge is 2.14. The molecular weight excluding hydrogens is 278 g/mol. The molecule has 0 unspecified atom stereocenters. The molecule has 1 aliphatic carbocycles. The van der Waals surface area contributed by atoms with Gasteiger partial charge in [0, 0.05) is 17.1 Å². The summed E-state index contributed by atoms with van der Waals surface area (Å²) in [7, 11) is 0. The quantitative estimate of drug-likeness (QED) is 0.563. The molecule has 0 fully saturated rings. The zero-order valence-corrected chi connectivity index (χ0v) is 13.0. The van der Waals surface area contributed by atoms with Gasteiger partial charge in [0.2, 0.25) is 0 Å². The van der Waals surface area contributed by atoms with Gasteiger partial charge in [-0.15, -0.1) is 0 Å². The molecule has 1 heteroatoms. The molecule has 0 saturated carbocycles. The molecule has 3 aromatic carbocycles. The molecule has 1 nitrogen and oxygen atoms in total. The van der Waals surface area contributed by atoms with Crippen LogP contribution in [-0.2, 0) is 6.42 Å². The van der Waals surface area contributed by atoms with Gasteiger partial charge in [-0.1, -0.05) is 54.6 Å². The number of anilines is 3. The Bertz CT molecular complexity index is 780. The Morgan fingerprint density at radius 1 is 0.652 bits per heavy atom. The standard InChI is InChI=1S/C22H19N/c1-3-11-20(12-4-1)23(21-13-5-2-6-14-21)22-16-15-18-9-7-8-10-19(18)17-22/h1-7,9,11-17H,8,10H2. The van der Waals surface area contributed by atoms with Crippen molar-refractivity contribution < 1.29 is 0 Å². The van der Waals surface area contributed by atoms with Crippen LogP contribution in [0.5, 0.6) is 0 Å². The molecule has 112 valence electrons. The average Bonchev–Trinajstić information content (AvgIpc) is 2.64. The number of para-hydroxylation sites is 2. The summed E-state index contributed by atoms with van der Waals surface area (Å²) >= 11 is 0. The molecule has 0 spiro atoms. The molecule has 0 atom stereocenters. The maximum absolute atomic E-state index is 2.33. The van der Waals surface area contributed by atoms with Gasteiger partial charge in [-0.3, -0.25) is 0 Å². The van der Waals surface area contributed by atoms with Crippen molar-refractivity contribution in [2.75, 3.05) is 4.90 Å². The van der Waals surface area contributed by atoms with Gasteiger partial charge in [0.25, 0.3) is 0 Å². The van der Waals surface area contributed by atoms with Crippen LogP contribution in [0.1, 0.15) is 17.5 Å². The van der Waals surface area contributed by atoms with Crippen molar-refractivity contribution in [1.82, 2.24) is 0 Å². The highest BCUT2D eigenvalue weighted by atomic mass is 15.1.